The molecule has 0 aromatic heterocycles. The van der Waals surface area contributed by atoms with Gasteiger partial charge in [-0.1, -0.05) is 13.0 Å². The topological polar surface area (TPSA) is 70.2 Å². The highest BCUT2D eigenvalue weighted by atomic mass is 16.2. The molecule has 0 radical (unpaired) electrons. The third kappa shape index (κ3) is 5.21. The predicted octanol–water partition coefficient (Wildman–Crippen LogP) is 1.66. The van der Waals surface area contributed by atoms with E-state index in [0.717, 1.165) is 37.9 Å². The zero-order valence-corrected chi connectivity index (χ0v) is 11.2. The van der Waals surface area contributed by atoms with Crippen LogP contribution in [0.4, 0.5) is 4.79 Å². The van der Waals surface area contributed by atoms with Crippen molar-refractivity contribution < 1.29 is 9.59 Å². The Kier molecular flexibility index (Phi) is 6.25. The lowest BCUT2D eigenvalue weighted by Gasteiger charge is -2.04. The minimum absolute atomic E-state index is 0.0744. The lowest BCUT2D eigenvalue weighted by atomic mass is 10.1. The first-order chi connectivity index (χ1) is 8.63. The molecule has 1 aliphatic heterocycles. The third-order valence-corrected chi connectivity index (χ3v) is 2.87. The van der Waals surface area contributed by atoms with E-state index in [2.05, 4.69) is 16.0 Å². The summed E-state index contributed by atoms with van der Waals surface area (Å²) in [6.45, 7) is 4.75. The Morgan fingerprint density at radius 3 is 2.83 bits per heavy atom. The van der Waals surface area contributed by atoms with Crippen molar-refractivity contribution in [1.29, 1.82) is 0 Å². The molecule has 102 valence electrons. The zero-order valence-electron chi connectivity index (χ0n) is 11.2. The molecule has 0 spiro atoms. The smallest absolute Gasteiger partial charge is 0.319 e. The molecular formula is C13H23N3O2. The van der Waals surface area contributed by atoms with Crippen LogP contribution >= 0.6 is 0 Å². The van der Waals surface area contributed by atoms with E-state index in [9.17, 15) is 9.59 Å². The van der Waals surface area contributed by atoms with Crippen LogP contribution in [0.15, 0.2) is 11.8 Å². The summed E-state index contributed by atoms with van der Waals surface area (Å²) in [5.41, 5.74) is 0.940. The zero-order chi connectivity index (χ0) is 13.4. The summed E-state index contributed by atoms with van der Waals surface area (Å²) in [6.07, 6.45) is 6.34. The van der Waals surface area contributed by atoms with Gasteiger partial charge in [0.2, 0.25) is 5.91 Å². The summed E-state index contributed by atoms with van der Waals surface area (Å²) in [5, 5.41) is 8.39. The summed E-state index contributed by atoms with van der Waals surface area (Å²) < 4.78 is 0. The van der Waals surface area contributed by atoms with E-state index in [-0.39, 0.29) is 18.0 Å². The molecule has 1 aliphatic rings. The highest BCUT2D eigenvalue weighted by Crippen LogP contribution is 2.08. The quantitative estimate of drug-likeness (QED) is 0.604. The molecule has 0 aromatic rings. The summed E-state index contributed by atoms with van der Waals surface area (Å²) in [5.74, 6) is 0.133. The van der Waals surface area contributed by atoms with Gasteiger partial charge in [0.15, 0.2) is 0 Å². The fraction of sp³-hybridized carbons (Fsp3) is 0.692. The largest absolute Gasteiger partial charge is 0.356 e. The van der Waals surface area contributed by atoms with Crippen molar-refractivity contribution in [3.05, 3.63) is 11.8 Å². The van der Waals surface area contributed by atoms with E-state index in [0.29, 0.717) is 6.42 Å². The lowest BCUT2D eigenvalue weighted by molar-refractivity contribution is -0.121. The maximum absolute atomic E-state index is 11.3. The number of urea groups is 1. The first-order valence-corrected chi connectivity index (χ1v) is 6.67. The fourth-order valence-corrected chi connectivity index (χ4v) is 1.82. The first-order valence-electron chi connectivity index (χ1n) is 6.67. The number of nitrogens with one attached hydrogen (secondary N) is 3. The van der Waals surface area contributed by atoms with Crippen LogP contribution in [-0.2, 0) is 4.79 Å². The van der Waals surface area contributed by atoms with Gasteiger partial charge in [-0.05, 0) is 32.6 Å². The average molecular weight is 253 g/mol. The summed E-state index contributed by atoms with van der Waals surface area (Å²) in [4.78, 5) is 22.3. The van der Waals surface area contributed by atoms with Crippen molar-refractivity contribution in [2.45, 2.75) is 52.0 Å². The molecule has 3 amide bonds. The number of hydrogen-bond acceptors (Lipinski definition) is 2. The van der Waals surface area contributed by atoms with Gasteiger partial charge in [-0.15, -0.1) is 0 Å². The first kappa shape index (κ1) is 14.5. The van der Waals surface area contributed by atoms with Crippen molar-refractivity contribution in [2.75, 3.05) is 6.54 Å². The van der Waals surface area contributed by atoms with Gasteiger partial charge < -0.3 is 16.0 Å². The highest BCUT2D eigenvalue weighted by Gasteiger charge is 2.20. The van der Waals surface area contributed by atoms with Crippen LogP contribution in [0.25, 0.3) is 0 Å². The van der Waals surface area contributed by atoms with E-state index in [1.165, 1.54) is 0 Å². The molecule has 5 nitrogen and oxygen atoms in total. The fourth-order valence-electron chi connectivity index (χ4n) is 1.82. The van der Waals surface area contributed by atoms with Gasteiger partial charge >= 0.3 is 6.03 Å². The Morgan fingerprint density at radius 2 is 2.22 bits per heavy atom. The van der Waals surface area contributed by atoms with Crippen LogP contribution in [0.5, 0.6) is 0 Å². The molecule has 0 saturated carbocycles. The second-order valence-corrected chi connectivity index (χ2v) is 4.58. The summed E-state index contributed by atoms with van der Waals surface area (Å²) in [6, 6.07) is -0.0574. The van der Waals surface area contributed by atoms with Crippen molar-refractivity contribution in [3.8, 4) is 0 Å². The SMILES string of the molecule is CCCNC(=O)CCCC/C=C1\NC(=O)N[C@@H]1C. The van der Waals surface area contributed by atoms with Crippen LogP contribution in [0.1, 0.15) is 46.0 Å². The van der Waals surface area contributed by atoms with E-state index >= 15 is 0 Å². The van der Waals surface area contributed by atoms with Crippen molar-refractivity contribution in [2.24, 2.45) is 0 Å². The normalized spacial score (nSPS) is 20.7. The van der Waals surface area contributed by atoms with Gasteiger partial charge in [-0.3, -0.25) is 4.79 Å². The number of carbonyl (C=O) groups is 2. The monoisotopic (exact) mass is 253 g/mol. The van der Waals surface area contributed by atoms with E-state index < -0.39 is 0 Å². The standard InChI is InChI=1S/C13H23N3O2/c1-3-9-14-12(17)8-6-4-5-7-11-10(2)15-13(18)16-11/h7,10H,3-6,8-9H2,1-2H3,(H,14,17)(H2,15,16,18)/b11-7-/t10-/m1/s1. The van der Waals surface area contributed by atoms with Gasteiger partial charge in [0.25, 0.3) is 0 Å². The van der Waals surface area contributed by atoms with E-state index in [1.807, 2.05) is 19.9 Å². The molecule has 1 fully saturated rings. The van der Waals surface area contributed by atoms with Crippen LogP contribution in [-0.4, -0.2) is 24.5 Å². The number of carbonyl (C=O) groups excluding carboxylic acids is 2. The van der Waals surface area contributed by atoms with Gasteiger partial charge in [0, 0.05) is 18.7 Å². The summed E-state index contributed by atoms with van der Waals surface area (Å²) >= 11 is 0. The van der Waals surface area contributed by atoms with Crippen molar-refractivity contribution >= 4 is 11.9 Å². The minimum Gasteiger partial charge on any atom is -0.356 e. The molecular weight excluding hydrogens is 230 g/mol. The Hall–Kier alpha value is -1.52. The van der Waals surface area contributed by atoms with E-state index in [4.69, 9.17) is 0 Å². The van der Waals surface area contributed by atoms with Crippen LogP contribution < -0.4 is 16.0 Å². The van der Waals surface area contributed by atoms with Crippen molar-refractivity contribution in [3.63, 3.8) is 0 Å². The molecule has 0 aliphatic carbocycles. The molecule has 3 N–H and O–H groups in total. The molecule has 18 heavy (non-hydrogen) atoms. The second-order valence-electron chi connectivity index (χ2n) is 4.58. The minimum atomic E-state index is -0.132. The number of hydrogen-bond donors (Lipinski definition) is 3. The van der Waals surface area contributed by atoms with Gasteiger partial charge in [0.05, 0.1) is 6.04 Å². The maximum atomic E-state index is 11.3. The predicted molar refractivity (Wildman–Crippen MR) is 71.0 cm³/mol. The Balaban J connectivity index is 2.10. The molecule has 1 heterocycles. The van der Waals surface area contributed by atoms with E-state index in [1.54, 1.807) is 0 Å². The van der Waals surface area contributed by atoms with Gasteiger partial charge in [-0.2, -0.15) is 0 Å². The third-order valence-electron chi connectivity index (χ3n) is 2.87. The molecule has 0 unspecified atom stereocenters. The Morgan fingerprint density at radius 1 is 1.44 bits per heavy atom. The lowest BCUT2D eigenvalue weighted by Crippen LogP contribution is -2.23. The maximum Gasteiger partial charge on any atom is 0.319 e. The van der Waals surface area contributed by atoms with Crippen LogP contribution in [0.2, 0.25) is 0 Å². The number of rotatable bonds is 7. The van der Waals surface area contributed by atoms with Crippen LogP contribution in [0, 0.1) is 0 Å². The molecule has 5 heteroatoms. The molecule has 0 bridgehead atoms. The number of allylic oxidation sites excluding steroid dienone is 1. The van der Waals surface area contributed by atoms with Gasteiger partial charge in [-0.25, -0.2) is 4.79 Å². The number of amides is 3. The molecule has 0 aromatic carbocycles. The molecule has 1 rings (SSSR count). The molecule has 1 atom stereocenters. The van der Waals surface area contributed by atoms with Gasteiger partial charge in [0.1, 0.15) is 0 Å². The Bertz CT molecular complexity index is 326. The molecule has 1 saturated heterocycles. The number of unbranched alkanes of at least 4 members (excludes halogenated alkanes) is 2. The summed E-state index contributed by atoms with van der Waals surface area (Å²) in [7, 11) is 0. The average Bonchev–Trinajstić information content (AvgIpc) is 2.65. The highest BCUT2D eigenvalue weighted by molar-refractivity contribution is 5.80. The van der Waals surface area contributed by atoms with Crippen molar-refractivity contribution in [1.82, 2.24) is 16.0 Å². The van der Waals surface area contributed by atoms with Crippen LogP contribution in [0.3, 0.4) is 0 Å². The second kappa shape index (κ2) is 7.74. The Labute approximate surface area is 108 Å².